The van der Waals surface area contributed by atoms with Gasteiger partial charge in [0.1, 0.15) is 0 Å². The molecule has 0 amide bonds. The van der Waals surface area contributed by atoms with Crippen molar-refractivity contribution in [2.24, 2.45) is 0 Å². The van der Waals surface area contributed by atoms with E-state index in [0.29, 0.717) is 12.6 Å². The summed E-state index contributed by atoms with van der Waals surface area (Å²) in [5.74, 6) is 0. The molecule has 0 unspecified atom stereocenters. The minimum absolute atomic E-state index is 0.508. The number of hydrogen-bond donors (Lipinski definition) is 2. The quantitative estimate of drug-likeness (QED) is 0.893. The Balaban J connectivity index is 1.95. The van der Waals surface area contributed by atoms with Crippen LogP contribution in [0.4, 0.5) is 5.69 Å². The van der Waals surface area contributed by atoms with E-state index in [2.05, 4.69) is 57.5 Å². The lowest BCUT2D eigenvalue weighted by Gasteiger charge is -2.40. The second-order valence-electron chi connectivity index (χ2n) is 5.57. The molecule has 0 aliphatic heterocycles. The van der Waals surface area contributed by atoms with E-state index < -0.39 is 5.60 Å². The summed E-state index contributed by atoms with van der Waals surface area (Å²) in [5.41, 5.74) is 0.735. The summed E-state index contributed by atoms with van der Waals surface area (Å²) in [6.07, 6.45) is 3.84. The molecule has 0 radical (unpaired) electrons. The van der Waals surface area contributed by atoms with Crippen LogP contribution < -0.4 is 10.2 Å². The monoisotopic (exact) mass is 326 g/mol. The maximum absolute atomic E-state index is 10.4. The van der Waals surface area contributed by atoms with Gasteiger partial charge in [-0.2, -0.15) is 0 Å². The first-order chi connectivity index (χ1) is 9.04. The third-order valence-corrected chi connectivity index (χ3v) is 4.70. The molecule has 3 nitrogen and oxygen atoms in total. The number of nitrogens with one attached hydrogen (secondary N) is 1. The van der Waals surface area contributed by atoms with Gasteiger partial charge in [-0.05, 0) is 57.0 Å². The normalized spacial score (nSPS) is 27.3. The summed E-state index contributed by atoms with van der Waals surface area (Å²) in [6.45, 7) is 0.696. The molecule has 2 rings (SSSR count). The molecule has 0 heterocycles. The Morgan fingerprint density at radius 2 is 1.89 bits per heavy atom. The van der Waals surface area contributed by atoms with Crippen molar-refractivity contribution in [3.05, 3.63) is 28.7 Å². The van der Waals surface area contributed by atoms with Crippen molar-refractivity contribution in [3.8, 4) is 0 Å². The number of benzene rings is 1. The Morgan fingerprint density at radius 1 is 1.32 bits per heavy atom. The molecule has 0 bridgehead atoms. The van der Waals surface area contributed by atoms with Crippen LogP contribution in [0.5, 0.6) is 0 Å². The predicted molar refractivity (Wildman–Crippen MR) is 83.7 cm³/mol. The number of rotatable bonds is 4. The highest BCUT2D eigenvalue weighted by Crippen LogP contribution is 2.32. The zero-order chi connectivity index (χ0) is 13.9. The van der Waals surface area contributed by atoms with Crippen molar-refractivity contribution in [3.63, 3.8) is 0 Å². The van der Waals surface area contributed by atoms with Crippen LogP contribution >= 0.6 is 15.9 Å². The van der Waals surface area contributed by atoms with Gasteiger partial charge in [-0.25, -0.2) is 0 Å². The Labute approximate surface area is 124 Å². The molecule has 19 heavy (non-hydrogen) atoms. The molecule has 1 fully saturated rings. The topological polar surface area (TPSA) is 35.5 Å². The molecule has 1 aliphatic rings. The molecule has 0 aromatic heterocycles. The molecule has 0 spiro atoms. The van der Waals surface area contributed by atoms with Crippen molar-refractivity contribution in [1.82, 2.24) is 5.32 Å². The third kappa shape index (κ3) is 3.71. The second kappa shape index (κ2) is 6.25. The van der Waals surface area contributed by atoms with E-state index in [0.717, 1.165) is 30.2 Å². The summed E-state index contributed by atoms with van der Waals surface area (Å²) in [7, 11) is 4.05. The zero-order valence-corrected chi connectivity index (χ0v) is 13.3. The van der Waals surface area contributed by atoms with Crippen LogP contribution in [0.3, 0.4) is 0 Å². The van der Waals surface area contributed by atoms with Crippen LogP contribution in [0, 0.1) is 0 Å². The molecule has 0 atom stereocenters. The van der Waals surface area contributed by atoms with Crippen LogP contribution in [0.1, 0.15) is 25.7 Å². The van der Waals surface area contributed by atoms with Gasteiger partial charge in [0.2, 0.25) is 0 Å². The molecule has 4 heteroatoms. The maximum Gasteiger partial charge on any atom is 0.0773 e. The van der Waals surface area contributed by atoms with E-state index in [9.17, 15) is 5.11 Å². The first kappa shape index (κ1) is 14.8. The number of likely N-dealkylation sites (N-methyl/N-ethyl adjacent to an activating group) is 1. The fraction of sp³-hybridized carbons (Fsp3) is 0.600. The van der Waals surface area contributed by atoms with Crippen LogP contribution in [0.15, 0.2) is 28.7 Å². The number of anilines is 1. The van der Waals surface area contributed by atoms with Crippen molar-refractivity contribution < 1.29 is 5.11 Å². The summed E-state index contributed by atoms with van der Waals surface area (Å²) in [5, 5.41) is 13.5. The van der Waals surface area contributed by atoms with E-state index in [1.807, 2.05) is 7.05 Å². The molecule has 1 aliphatic carbocycles. The number of aliphatic hydroxyl groups is 1. The number of hydrogen-bond acceptors (Lipinski definition) is 3. The summed E-state index contributed by atoms with van der Waals surface area (Å²) >= 11 is 3.46. The van der Waals surface area contributed by atoms with E-state index in [-0.39, 0.29) is 0 Å². The fourth-order valence-corrected chi connectivity index (χ4v) is 3.18. The average Bonchev–Trinajstić information content (AvgIpc) is 2.40. The molecule has 1 aromatic rings. The fourth-order valence-electron chi connectivity index (χ4n) is 2.92. The van der Waals surface area contributed by atoms with Gasteiger partial charge in [0.05, 0.1) is 5.60 Å². The van der Waals surface area contributed by atoms with Gasteiger partial charge in [0.25, 0.3) is 0 Å². The van der Waals surface area contributed by atoms with E-state index in [1.54, 1.807) is 0 Å². The first-order valence-electron chi connectivity index (χ1n) is 6.89. The van der Waals surface area contributed by atoms with Crippen LogP contribution in [0.2, 0.25) is 0 Å². The second-order valence-corrected chi connectivity index (χ2v) is 6.49. The van der Waals surface area contributed by atoms with Crippen LogP contribution in [-0.4, -0.2) is 37.4 Å². The highest BCUT2D eigenvalue weighted by molar-refractivity contribution is 9.10. The van der Waals surface area contributed by atoms with Gasteiger partial charge in [-0.1, -0.05) is 15.9 Å². The molecule has 2 N–H and O–H groups in total. The van der Waals surface area contributed by atoms with Gasteiger partial charge in [0, 0.05) is 29.8 Å². The predicted octanol–water partition coefficient (Wildman–Crippen LogP) is 2.78. The Hall–Kier alpha value is -0.580. The third-order valence-electron chi connectivity index (χ3n) is 4.17. The number of nitrogens with zero attached hydrogens (tertiary/aromatic N) is 1. The Morgan fingerprint density at radius 3 is 2.42 bits per heavy atom. The summed E-state index contributed by atoms with van der Waals surface area (Å²) in [4.78, 5) is 2.34. The van der Waals surface area contributed by atoms with Crippen LogP contribution in [-0.2, 0) is 0 Å². The lowest BCUT2D eigenvalue weighted by molar-refractivity contribution is 0.00199. The van der Waals surface area contributed by atoms with Crippen molar-refractivity contribution in [1.29, 1.82) is 0 Å². The van der Waals surface area contributed by atoms with Gasteiger partial charge >= 0.3 is 0 Å². The molecule has 1 aromatic carbocycles. The van der Waals surface area contributed by atoms with Gasteiger partial charge in [-0.3, -0.25) is 0 Å². The summed E-state index contributed by atoms with van der Waals surface area (Å²) < 4.78 is 1.11. The molecule has 0 saturated heterocycles. The maximum atomic E-state index is 10.4. The SMILES string of the molecule is CNCC1(O)CCC(N(C)c2ccc(Br)cc2)CC1. The molecular formula is C15H23BrN2O. The van der Waals surface area contributed by atoms with Crippen molar-refractivity contribution in [2.45, 2.75) is 37.3 Å². The Bertz CT molecular complexity index is 399. The lowest BCUT2D eigenvalue weighted by atomic mass is 9.81. The van der Waals surface area contributed by atoms with Gasteiger partial charge in [-0.15, -0.1) is 0 Å². The summed E-state index contributed by atoms with van der Waals surface area (Å²) in [6, 6.07) is 8.95. The highest BCUT2D eigenvalue weighted by Gasteiger charge is 2.33. The minimum atomic E-state index is -0.508. The molecule has 1 saturated carbocycles. The largest absolute Gasteiger partial charge is 0.389 e. The molecular weight excluding hydrogens is 304 g/mol. The van der Waals surface area contributed by atoms with Gasteiger partial charge in [0.15, 0.2) is 0 Å². The van der Waals surface area contributed by atoms with Crippen molar-refractivity contribution >= 4 is 21.6 Å². The first-order valence-corrected chi connectivity index (χ1v) is 7.69. The van der Waals surface area contributed by atoms with Gasteiger partial charge < -0.3 is 15.3 Å². The van der Waals surface area contributed by atoms with E-state index in [1.165, 1.54) is 5.69 Å². The van der Waals surface area contributed by atoms with Crippen LogP contribution in [0.25, 0.3) is 0 Å². The smallest absolute Gasteiger partial charge is 0.0773 e. The van der Waals surface area contributed by atoms with E-state index in [4.69, 9.17) is 0 Å². The number of halogens is 1. The lowest BCUT2D eigenvalue weighted by Crippen LogP contribution is -2.47. The molecule has 106 valence electrons. The minimum Gasteiger partial charge on any atom is -0.389 e. The highest BCUT2D eigenvalue weighted by atomic mass is 79.9. The standard InChI is InChI=1S/C15H23BrN2O/c1-17-11-15(19)9-7-14(8-10-15)18(2)13-5-3-12(16)4-6-13/h3-6,14,17,19H,7-11H2,1-2H3. The van der Waals surface area contributed by atoms with Crippen molar-refractivity contribution in [2.75, 3.05) is 25.5 Å². The zero-order valence-electron chi connectivity index (χ0n) is 11.7. The van der Waals surface area contributed by atoms with E-state index >= 15 is 0 Å². The Kier molecular flexibility index (Phi) is 4.87. The average molecular weight is 327 g/mol.